The average molecular weight is 409 g/mol. The molecular weight excluding hydrogens is 368 g/mol. The first-order chi connectivity index (χ1) is 14.1. The number of carbonyl (C=O) groups is 1. The van der Waals surface area contributed by atoms with E-state index in [1.54, 1.807) is 0 Å². The van der Waals surface area contributed by atoms with Gasteiger partial charge in [-0.05, 0) is 69.5 Å². The number of rotatable bonds is 8. The van der Waals surface area contributed by atoms with Crippen molar-refractivity contribution in [2.75, 3.05) is 39.4 Å². The largest absolute Gasteiger partial charge is 0.459 e. The molecule has 3 rings (SSSR count). The van der Waals surface area contributed by atoms with E-state index in [2.05, 4.69) is 18.7 Å². The standard InChI is InChI=1S/C23H40N2O4/c1-18(2)19-16-21(29-22(17-19)28-15-7-6-14-26)23(27)25-12-8-20(9-13-25)24-10-4-3-5-11-24/h16,18-20,22,26H,3-15,17H2,1-2H3/t19-,22+/m1/s1. The molecular formula is C23H40N2O4. The van der Waals surface area contributed by atoms with Gasteiger partial charge in [0, 0.05) is 32.2 Å². The van der Waals surface area contributed by atoms with Crippen LogP contribution in [0, 0.1) is 11.8 Å². The second-order valence-electron chi connectivity index (χ2n) is 9.14. The number of amides is 1. The first-order valence-corrected chi connectivity index (χ1v) is 11.7. The van der Waals surface area contributed by atoms with E-state index in [-0.39, 0.29) is 24.7 Å². The van der Waals surface area contributed by atoms with E-state index in [4.69, 9.17) is 14.6 Å². The molecule has 0 saturated carbocycles. The van der Waals surface area contributed by atoms with E-state index in [9.17, 15) is 4.79 Å². The van der Waals surface area contributed by atoms with Gasteiger partial charge in [-0.2, -0.15) is 0 Å². The molecule has 0 aromatic carbocycles. The minimum atomic E-state index is -0.365. The van der Waals surface area contributed by atoms with Crippen molar-refractivity contribution in [3.8, 4) is 0 Å². The number of hydrogen-bond donors (Lipinski definition) is 1. The summed E-state index contributed by atoms with van der Waals surface area (Å²) >= 11 is 0. The zero-order valence-electron chi connectivity index (χ0n) is 18.4. The zero-order chi connectivity index (χ0) is 20.6. The Morgan fingerprint density at radius 2 is 1.90 bits per heavy atom. The number of aliphatic hydroxyl groups excluding tert-OH is 1. The quantitative estimate of drug-likeness (QED) is 0.625. The molecule has 0 aromatic heterocycles. The molecule has 3 aliphatic heterocycles. The number of allylic oxidation sites excluding steroid dienone is 1. The molecule has 6 nitrogen and oxygen atoms in total. The van der Waals surface area contributed by atoms with Crippen molar-refractivity contribution in [1.82, 2.24) is 9.80 Å². The number of nitrogens with zero attached hydrogens (tertiary/aromatic N) is 2. The van der Waals surface area contributed by atoms with Gasteiger partial charge in [-0.25, -0.2) is 0 Å². The predicted octanol–water partition coefficient (Wildman–Crippen LogP) is 3.15. The van der Waals surface area contributed by atoms with Crippen LogP contribution in [0.1, 0.15) is 65.2 Å². The second-order valence-corrected chi connectivity index (χ2v) is 9.14. The number of likely N-dealkylation sites (tertiary alicyclic amines) is 2. The first kappa shape index (κ1) is 22.6. The molecule has 6 heteroatoms. The number of hydrogen-bond acceptors (Lipinski definition) is 5. The molecule has 0 aromatic rings. The summed E-state index contributed by atoms with van der Waals surface area (Å²) in [5, 5.41) is 8.93. The van der Waals surface area contributed by atoms with Crippen LogP contribution in [0.15, 0.2) is 11.8 Å². The smallest absolute Gasteiger partial charge is 0.288 e. The van der Waals surface area contributed by atoms with Crippen molar-refractivity contribution in [2.24, 2.45) is 11.8 Å². The number of unbranched alkanes of at least 4 members (excludes halogenated alkanes) is 1. The molecule has 1 amide bonds. The van der Waals surface area contributed by atoms with Crippen molar-refractivity contribution < 1.29 is 19.4 Å². The van der Waals surface area contributed by atoms with Crippen LogP contribution in [0.5, 0.6) is 0 Å². The molecule has 3 heterocycles. The summed E-state index contributed by atoms with van der Waals surface area (Å²) in [5.41, 5.74) is 0. The maximum absolute atomic E-state index is 13.2. The highest BCUT2D eigenvalue weighted by atomic mass is 16.7. The Hall–Kier alpha value is -1.11. The molecule has 0 radical (unpaired) electrons. The maximum Gasteiger partial charge on any atom is 0.288 e. The lowest BCUT2D eigenvalue weighted by molar-refractivity contribution is -0.157. The Morgan fingerprint density at radius 3 is 2.55 bits per heavy atom. The van der Waals surface area contributed by atoms with Crippen LogP contribution in [0.25, 0.3) is 0 Å². The molecule has 29 heavy (non-hydrogen) atoms. The molecule has 0 spiro atoms. The van der Waals surface area contributed by atoms with Gasteiger partial charge < -0.3 is 24.4 Å². The number of aliphatic hydroxyl groups is 1. The lowest BCUT2D eigenvalue weighted by Gasteiger charge is -2.40. The highest BCUT2D eigenvalue weighted by Crippen LogP contribution is 2.30. The maximum atomic E-state index is 13.2. The molecule has 166 valence electrons. The lowest BCUT2D eigenvalue weighted by Crippen LogP contribution is -2.49. The third-order valence-corrected chi connectivity index (χ3v) is 6.67. The highest BCUT2D eigenvalue weighted by Gasteiger charge is 2.34. The molecule has 2 fully saturated rings. The zero-order valence-corrected chi connectivity index (χ0v) is 18.4. The van der Waals surface area contributed by atoms with Gasteiger partial charge in [-0.1, -0.05) is 20.3 Å². The summed E-state index contributed by atoms with van der Waals surface area (Å²) in [6.45, 7) is 9.17. The molecule has 3 aliphatic rings. The van der Waals surface area contributed by atoms with Crippen molar-refractivity contribution in [1.29, 1.82) is 0 Å². The summed E-state index contributed by atoms with van der Waals surface area (Å²) in [6, 6.07) is 0.631. The third kappa shape index (κ3) is 6.43. The Bertz CT molecular complexity index is 537. The van der Waals surface area contributed by atoms with E-state index < -0.39 is 0 Å². The van der Waals surface area contributed by atoms with E-state index in [1.807, 2.05) is 11.0 Å². The molecule has 2 atom stereocenters. The van der Waals surface area contributed by atoms with Gasteiger partial charge in [0.1, 0.15) is 0 Å². The summed E-state index contributed by atoms with van der Waals surface area (Å²) in [4.78, 5) is 17.8. The summed E-state index contributed by atoms with van der Waals surface area (Å²) < 4.78 is 11.9. The Balaban J connectivity index is 1.53. The van der Waals surface area contributed by atoms with Gasteiger partial charge in [0.25, 0.3) is 5.91 Å². The fourth-order valence-corrected chi connectivity index (χ4v) is 4.70. The highest BCUT2D eigenvalue weighted by molar-refractivity contribution is 5.91. The van der Waals surface area contributed by atoms with Gasteiger partial charge in [0.15, 0.2) is 5.76 Å². The fourth-order valence-electron chi connectivity index (χ4n) is 4.70. The van der Waals surface area contributed by atoms with Crippen LogP contribution >= 0.6 is 0 Å². The van der Waals surface area contributed by atoms with Gasteiger partial charge >= 0.3 is 0 Å². The van der Waals surface area contributed by atoms with E-state index >= 15 is 0 Å². The molecule has 0 bridgehead atoms. The SMILES string of the molecule is CC(C)[C@@H]1C=C(C(=O)N2CCC(N3CCCCC3)CC2)O[C@H](OCCCCO)C1. The van der Waals surface area contributed by atoms with Crippen LogP contribution in [0.4, 0.5) is 0 Å². The number of piperidine rings is 2. The fraction of sp³-hybridized carbons (Fsp3) is 0.870. The van der Waals surface area contributed by atoms with Crippen molar-refractivity contribution in [2.45, 2.75) is 77.5 Å². The van der Waals surface area contributed by atoms with Crippen molar-refractivity contribution >= 4 is 5.91 Å². The number of ether oxygens (including phenoxy) is 2. The summed E-state index contributed by atoms with van der Waals surface area (Å²) in [7, 11) is 0. The van der Waals surface area contributed by atoms with Crippen LogP contribution < -0.4 is 0 Å². The monoisotopic (exact) mass is 408 g/mol. The minimum Gasteiger partial charge on any atom is -0.459 e. The van der Waals surface area contributed by atoms with Gasteiger partial charge in [-0.3, -0.25) is 4.79 Å². The van der Waals surface area contributed by atoms with Gasteiger partial charge in [-0.15, -0.1) is 0 Å². The molecule has 1 N–H and O–H groups in total. The molecule has 0 aliphatic carbocycles. The van der Waals surface area contributed by atoms with E-state index in [0.717, 1.165) is 45.2 Å². The summed E-state index contributed by atoms with van der Waals surface area (Å²) in [5.74, 6) is 1.22. The third-order valence-electron chi connectivity index (χ3n) is 6.67. The Labute approximate surface area is 176 Å². The number of carbonyl (C=O) groups excluding carboxylic acids is 1. The second kappa shape index (κ2) is 11.3. The first-order valence-electron chi connectivity index (χ1n) is 11.7. The minimum absolute atomic E-state index is 0.0244. The normalized spacial score (nSPS) is 27.0. The molecule has 0 unspecified atom stereocenters. The van der Waals surface area contributed by atoms with Crippen molar-refractivity contribution in [3.63, 3.8) is 0 Å². The summed E-state index contributed by atoms with van der Waals surface area (Å²) in [6.07, 6.45) is 10.1. The predicted molar refractivity (Wildman–Crippen MR) is 113 cm³/mol. The van der Waals surface area contributed by atoms with E-state index in [1.165, 1.54) is 32.4 Å². The van der Waals surface area contributed by atoms with Gasteiger partial charge in [0.2, 0.25) is 6.29 Å². The Kier molecular flexibility index (Phi) is 8.82. The Morgan fingerprint density at radius 1 is 1.17 bits per heavy atom. The van der Waals surface area contributed by atoms with Crippen molar-refractivity contribution in [3.05, 3.63) is 11.8 Å². The van der Waals surface area contributed by atoms with Crippen LogP contribution in [0.2, 0.25) is 0 Å². The molecule has 2 saturated heterocycles. The lowest BCUT2D eigenvalue weighted by atomic mass is 9.90. The van der Waals surface area contributed by atoms with Gasteiger partial charge in [0.05, 0.1) is 6.61 Å². The van der Waals surface area contributed by atoms with Crippen LogP contribution in [-0.2, 0) is 14.3 Å². The van der Waals surface area contributed by atoms with E-state index in [0.29, 0.717) is 24.3 Å². The average Bonchev–Trinajstić information content (AvgIpc) is 2.77. The van der Waals surface area contributed by atoms with Crippen LogP contribution in [-0.4, -0.2) is 72.5 Å². The van der Waals surface area contributed by atoms with Crippen LogP contribution in [0.3, 0.4) is 0 Å². The topological polar surface area (TPSA) is 62.2 Å².